The van der Waals surface area contributed by atoms with E-state index in [4.69, 9.17) is 11.0 Å². The number of nitrogens with zero attached hydrogens (tertiary/aromatic N) is 1. The molecule has 2 N–H and O–H groups in total. The average molecular weight is 285 g/mol. The van der Waals surface area contributed by atoms with E-state index >= 15 is 0 Å². The van der Waals surface area contributed by atoms with Gasteiger partial charge in [-0.1, -0.05) is 36.4 Å². The van der Waals surface area contributed by atoms with Crippen molar-refractivity contribution in [2.45, 2.75) is 12.3 Å². The molecule has 2 nitrogen and oxygen atoms in total. The second-order valence-electron chi connectivity index (χ2n) is 5.15. The third kappa shape index (κ3) is 2.85. The summed E-state index contributed by atoms with van der Waals surface area (Å²) >= 11 is 0. The minimum absolute atomic E-state index is 0. The molecule has 0 bridgehead atoms. The van der Waals surface area contributed by atoms with E-state index in [1.165, 1.54) is 17.5 Å². The Bertz CT molecular complexity index is 628. The molecule has 0 radical (unpaired) electrons. The van der Waals surface area contributed by atoms with Crippen LogP contribution in [0.15, 0.2) is 48.5 Å². The van der Waals surface area contributed by atoms with E-state index in [0.717, 1.165) is 12.1 Å². The van der Waals surface area contributed by atoms with Crippen molar-refractivity contribution in [1.82, 2.24) is 0 Å². The largest absolute Gasteiger partial charge is 0.330 e. The highest BCUT2D eigenvalue weighted by atomic mass is 35.5. The van der Waals surface area contributed by atoms with Gasteiger partial charge in [-0.05, 0) is 53.6 Å². The molecule has 1 aliphatic carbocycles. The molecule has 102 valence electrons. The van der Waals surface area contributed by atoms with Gasteiger partial charge in [0, 0.05) is 0 Å². The maximum Gasteiger partial charge on any atom is 0.0991 e. The first-order chi connectivity index (χ1) is 9.31. The van der Waals surface area contributed by atoms with Gasteiger partial charge in [0.2, 0.25) is 0 Å². The van der Waals surface area contributed by atoms with Gasteiger partial charge >= 0.3 is 0 Å². The first-order valence-corrected chi connectivity index (χ1v) is 6.62. The molecule has 0 aromatic heterocycles. The summed E-state index contributed by atoms with van der Waals surface area (Å²) in [5.41, 5.74) is 10.2. The molecule has 2 aromatic carbocycles. The van der Waals surface area contributed by atoms with E-state index in [1.807, 2.05) is 24.3 Å². The summed E-state index contributed by atoms with van der Waals surface area (Å²) in [5, 5.41) is 8.82. The fraction of sp³-hybridized carbons (Fsp3) is 0.235. The number of halogens is 1. The molecule has 3 heteroatoms. The van der Waals surface area contributed by atoms with Crippen molar-refractivity contribution in [1.29, 1.82) is 5.26 Å². The predicted molar refractivity (Wildman–Crippen MR) is 83.7 cm³/mol. The normalized spacial score (nSPS) is 19.8. The quantitative estimate of drug-likeness (QED) is 0.934. The van der Waals surface area contributed by atoms with Crippen molar-refractivity contribution in [2.75, 3.05) is 6.54 Å². The molecular formula is C17H17ClN2. The van der Waals surface area contributed by atoms with Gasteiger partial charge in [-0.25, -0.2) is 0 Å². The van der Waals surface area contributed by atoms with E-state index in [9.17, 15) is 0 Å². The number of nitrogens with two attached hydrogens (primary N) is 1. The first-order valence-electron chi connectivity index (χ1n) is 6.62. The van der Waals surface area contributed by atoms with Crippen LogP contribution in [0.1, 0.15) is 23.5 Å². The lowest BCUT2D eigenvalue weighted by atomic mass is 10.00. The van der Waals surface area contributed by atoms with Gasteiger partial charge in [0.15, 0.2) is 0 Å². The van der Waals surface area contributed by atoms with Crippen LogP contribution < -0.4 is 5.73 Å². The van der Waals surface area contributed by atoms with Crippen LogP contribution in [-0.4, -0.2) is 6.54 Å². The standard InChI is InChI=1S/C17H16N2.ClH/c18-10-12-4-6-13(7-5-12)14-2-1-3-15(8-14)17-9-16(17)11-19;/h1-8,16-17H,9,11,19H2;1H/t16-,17-;/m0./s1. The first kappa shape index (κ1) is 14.6. The van der Waals surface area contributed by atoms with Gasteiger partial charge in [0.25, 0.3) is 0 Å². The zero-order valence-corrected chi connectivity index (χ0v) is 11.9. The third-order valence-corrected chi connectivity index (χ3v) is 3.89. The van der Waals surface area contributed by atoms with Gasteiger partial charge < -0.3 is 5.73 Å². The molecule has 1 saturated carbocycles. The van der Waals surface area contributed by atoms with E-state index < -0.39 is 0 Å². The Kier molecular flexibility index (Phi) is 4.44. The zero-order chi connectivity index (χ0) is 13.2. The molecule has 2 aromatic rings. The van der Waals surface area contributed by atoms with Gasteiger partial charge in [-0.3, -0.25) is 0 Å². The van der Waals surface area contributed by atoms with Crippen LogP contribution in [0.2, 0.25) is 0 Å². The van der Waals surface area contributed by atoms with E-state index in [-0.39, 0.29) is 12.4 Å². The molecule has 1 fully saturated rings. The molecule has 0 aliphatic heterocycles. The van der Waals surface area contributed by atoms with Crippen LogP contribution in [0.25, 0.3) is 11.1 Å². The number of nitriles is 1. The van der Waals surface area contributed by atoms with E-state index in [1.54, 1.807) is 0 Å². The Morgan fingerprint density at radius 1 is 1.10 bits per heavy atom. The maximum atomic E-state index is 8.82. The topological polar surface area (TPSA) is 49.8 Å². The molecule has 1 aliphatic rings. The summed E-state index contributed by atoms with van der Waals surface area (Å²) in [6, 6.07) is 18.5. The van der Waals surface area contributed by atoms with Crippen molar-refractivity contribution < 1.29 is 0 Å². The Morgan fingerprint density at radius 2 is 1.85 bits per heavy atom. The van der Waals surface area contributed by atoms with E-state index in [0.29, 0.717) is 17.4 Å². The minimum atomic E-state index is 0. The Morgan fingerprint density at radius 3 is 2.45 bits per heavy atom. The lowest BCUT2D eigenvalue weighted by molar-refractivity contribution is 0.810. The van der Waals surface area contributed by atoms with Crippen LogP contribution in [-0.2, 0) is 0 Å². The smallest absolute Gasteiger partial charge is 0.0991 e. The molecule has 0 unspecified atom stereocenters. The highest BCUT2D eigenvalue weighted by molar-refractivity contribution is 5.85. The Balaban J connectivity index is 0.00000147. The summed E-state index contributed by atoms with van der Waals surface area (Å²) < 4.78 is 0. The Labute approximate surface area is 125 Å². The molecule has 0 amide bonds. The second-order valence-corrected chi connectivity index (χ2v) is 5.15. The summed E-state index contributed by atoms with van der Waals surface area (Å²) in [6.45, 7) is 0.783. The lowest BCUT2D eigenvalue weighted by Gasteiger charge is -2.05. The number of rotatable bonds is 3. The number of benzene rings is 2. The molecular weight excluding hydrogens is 268 g/mol. The molecule has 20 heavy (non-hydrogen) atoms. The molecule has 0 saturated heterocycles. The molecule has 0 spiro atoms. The zero-order valence-electron chi connectivity index (χ0n) is 11.1. The maximum absolute atomic E-state index is 8.82. The van der Waals surface area contributed by atoms with Gasteiger partial charge in [0.05, 0.1) is 11.6 Å². The van der Waals surface area contributed by atoms with Crippen LogP contribution in [0.5, 0.6) is 0 Å². The second kappa shape index (κ2) is 6.09. The monoisotopic (exact) mass is 284 g/mol. The summed E-state index contributed by atoms with van der Waals surface area (Å²) in [4.78, 5) is 0. The van der Waals surface area contributed by atoms with Gasteiger partial charge in [-0.15, -0.1) is 12.4 Å². The van der Waals surface area contributed by atoms with E-state index in [2.05, 4.69) is 30.3 Å². The molecule has 0 heterocycles. The van der Waals surface area contributed by atoms with Crippen molar-refractivity contribution in [3.63, 3.8) is 0 Å². The number of hydrogen-bond donors (Lipinski definition) is 1. The average Bonchev–Trinajstić information content (AvgIpc) is 3.27. The summed E-state index contributed by atoms with van der Waals surface area (Å²) in [7, 11) is 0. The third-order valence-electron chi connectivity index (χ3n) is 3.89. The van der Waals surface area contributed by atoms with Gasteiger partial charge in [0.1, 0.15) is 0 Å². The van der Waals surface area contributed by atoms with Crippen molar-refractivity contribution in [2.24, 2.45) is 11.7 Å². The molecule has 2 atom stereocenters. The fourth-order valence-electron chi connectivity index (χ4n) is 2.60. The fourth-order valence-corrected chi connectivity index (χ4v) is 2.60. The summed E-state index contributed by atoms with van der Waals surface area (Å²) in [6.07, 6.45) is 1.22. The lowest BCUT2D eigenvalue weighted by Crippen LogP contribution is -2.01. The van der Waals surface area contributed by atoms with Crippen molar-refractivity contribution in [3.8, 4) is 17.2 Å². The van der Waals surface area contributed by atoms with Crippen molar-refractivity contribution in [3.05, 3.63) is 59.7 Å². The Hall–Kier alpha value is -1.82. The minimum Gasteiger partial charge on any atom is -0.330 e. The predicted octanol–water partition coefficient (Wildman–Crippen LogP) is 3.71. The van der Waals surface area contributed by atoms with Crippen molar-refractivity contribution >= 4 is 12.4 Å². The van der Waals surface area contributed by atoms with Crippen LogP contribution in [0, 0.1) is 17.2 Å². The number of hydrogen-bond acceptors (Lipinski definition) is 2. The van der Waals surface area contributed by atoms with Crippen LogP contribution in [0.4, 0.5) is 0 Å². The SMILES string of the molecule is Cl.N#Cc1ccc(-c2cccc([C@@H]3C[C@H]3CN)c2)cc1. The van der Waals surface area contributed by atoms with Crippen LogP contribution in [0.3, 0.4) is 0 Å². The van der Waals surface area contributed by atoms with Crippen LogP contribution >= 0.6 is 12.4 Å². The highest BCUT2D eigenvalue weighted by Gasteiger charge is 2.36. The highest BCUT2D eigenvalue weighted by Crippen LogP contribution is 2.47. The molecule has 3 rings (SSSR count). The summed E-state index contributed by atoms with van der Waals surface area (Å²) in [5.74, 6) is 1.31. The van der Waals surface area contributed by atoms with Gasteiger partial charge in [-0.2, -0.15) is 5.26 Å².